The van der Waals surface area contributed by atoms with Gasteiger partial charge in [-0.1, -0.05) is 18.2 Å². The molecule has 0 aliphatic heterocycles. The lowest BCUT2D eigenvalue weighted by Gasteiger charge is -2.13. The smallest absolute Gasteiger partial charge is 0.262 e. The highest BCUT2D eigenvalue weighted by Crippen LogP contribution is 2.23. The standard InChI is InChI=1S/C19H24N2O3S/c1-13-10-15(3)18(11-14(13)2)25(23,24)20-17-8-6-16(7-9-17)12-19(22)21(4)5/h6-11,20H,12H2,1-5H3. The zero-order chi connectivity index (χ0) is 18.8. The van der Waals surface area contributed by atoms with Crippen LogP contribution in [0.1, 0.15) is 22.3 Å². The molecule has 0 saturated carbocycles. The van der Waals surface area contributed by atoms with E-state index in [9.17, 15) is 13.2 Å². The molecule has 6 heteroatoms. The molecule has 1 amide bonds. The summed E-state index contributed by atoms with van der Waals surface area (Å²) >= 11 is 0. The summed E-state index contributed by atoms with van der Waals surface area (Å²) in [5, 5.41) is 0. The number of amides is 1. The molecule has 0 bridgehead atoms. The Labute approximate surface area is 149 Å². The highest BCUT2D eigenvalue weighted by Gasteiger charge is 2.18. The SMILES string of the molecule is Cc1cc(C)c(S(=O)(=O)Nc2ccc(CC(=O)N(C)C)cc2)cc1C. The first-order valence-corrected chi connectivity index (χ1v) is 9.48. The van der Waals surface area contributed by atoms with Gasteiger partial charge >= 0.3 is 0 Å². The minimum absolute atomic E-state index is 0.000846. The first kappa shape index (κ1) is 19.0. The van der Waals surface area contributed by atoms with Gasteiger partial charge in [0.2, 0.25) is 5.91 Å². The lowest BCUT2D eigenvalue weighted by molar-refractivity contribution is -0.127. The minimum Gasteiger partial charge on any atom is -0.349 e. The number of carbonyl (C=O) groups is 1. The maximum absolute atomic E-state index is 12.7. The molecule has 0 unspecified atom stereocenters. The zero-order valence-electron chi connectivity index (χ0n) is 15.3. The number of hydrogen-bond acceptors (Lipinski definition) is 3. The zero-order valence-corrected chi connectivity index (χ0v) is 16.1. The number of rotatable bonds is 5. The van der Waals surface area contributed by atoms with Crippen molar-refractivity contribution in [3.8, 4) is 0 Å². The van der Waals surface area contributed by atoms with Crippen molar-refractivity contribution >= 4 is 21.6 Å². The summed E-state index contributed by atoms with van der Waals surface area (Å²) in [4.78, 5) is 13.5. The maximum atomic E-state index is 12.7. The molecule has 0 heterocycles. The summed E-state index contributed by atoms with van der Waals surface area (Å²) in [7, 11) is -0.248. The van der Waals surface area contributed by atoms with Gasteiger partial charge < -0.3 is 4.90 Å². The molecule has 134 valence electrons. The predicted octanol–water partition coefficient (Wildman–Crippen LogP) is 3.04. The molecular formula is C19H24N2O3S. The molecule has 2 aromatic rings. The number of sulfonamides is 1. The molecule has 0 spiro atoms. The van der Waals surface area contributed by atoms with E-state index in [0.29, 0.717) is 11.3 Å². The van der Waals surface area contributed by atoms with Crippen LogP contribution < -0.4 is 4.72 Å². The highest BCUT2D eigenvalue weighted by atomic mass is 32.2. The molecule has 0 aliphatic carbocycles. The van der Waals surface area contributed by atoms with Crippen molar-refractivity contribution in [3.63, 3.8) is 0 Å². The van der Waals surface area contributed by atoms with Gasteiger partial charge in [0.05, 0.1) is 11.3 Å². The quantitative estimate of drug-likeness (QED) is 0.891. The summed E-state index contributed by atoms with van der Waals surface area (Å²) in [6.45, 7) is 5.64. The Balaban J connectivity index is 2.21. The molecule has 5 nitrogen and oxygen atoms in total. The molecule has 1 N–H and O–H groups in total. The van der Waals surface area contributed by atoms with E-state index in [1.54, 1.807) is 51.4 Å². The number of carbonyl (C=O) groups excluding carboxylic acids is 1. The fourth-order valence-corrected chi connectivity index (χ4v) is 3.83. The van der Waals surface area contributed by atoms with Gasteiger partial charge in [-0.15, -0.1) is 0 Å². The molecular weight excluding hydrogens is 336 g/mol. The van der Waals surface area contributed by atoms with E-state index in [2.05, 4.69) is 4.72 Å². The third kappa shape index (κ3) is 4.60. The van der Waals surface area contributed by atoms with Crippen LogP contribution in [-0.4, -0.2) is 33.3 Å². The van der Waals surface area contributed by atoms with Crippen LogP contribution in [0, 0.1) is 20.8 Å². The summed E-state index contributed by atoms with van der Waals surface area (Å²) in [6.07, 6.45) is 0.288. The monoisotopic (exact) mass is 360 g/mol. The van der Waals surface area contributed by atoms with Crippen LogP contribution in [0.25, 0.3) is 0 Å². The van der Waals surface area contributed by atoms with Gasteiger partial charge in [0, 0.05) is 19.8 Å². The number of likely N-dealkylation sites (N-methyl/N-ethyl adjacent to an activating group) is 1. The molecule has 2 rings (SSSR count). The molecule has 0 saturated heterocycles. The number of anilines is 1. The first-order valence-electron chi connectivity index (χ1n) is 8.00. The van der Waals surface area contributed by atoms with Gasteiger partial charge in [-0.2, -0.15) is 0 Å². The van der Waals surface area contributed by atoms with E-state index in [4.69, 9.17) is 0 Å². The van der Waals surface area contributed by atoms with Crippen LogP contribution in [-0.2, 0) is 21.2 Å². The topological polar surface area (TPSA) is 66.5 Å². The van der Waals surface area contributed by atoms with Crippen molar-refractivity contribution in [2.75, 3.05) is 18.8 Å². The van der Waals surface area contributed by atoms with Crippen LogP contribution in [0.4, 0.5) is 5.69 Å². The average Bonchev–Trinajstić information content (AvgIpc) is 2.52. The Morgan fingerprint density at radius 1 is 0.960 bits per heavy atom. The molecule has 0 radical (unpaired) electrons. The van der Waals surface area contributed by atoms with Crippen LogP contribution >= 0.6 is 0 Å². The number of benzene rings is 2. The van der Waals surface area contributed by atoms with Gasteiger partial charge in [0.25, 0.3) is 10.0 Å². The lowest BCUT2D eigenvalue weighted by Crippen LogP contribution is -2.23. The Morgan fingerprint density at radius 3 is 2.08 bits per heavy atom. The molecule has 2 aromatic carbocycles. The largest absolute Gasteiger partial charge is 0.349 e. The lowest BCUT2D eigenvalue weighted by atomic mass is 10.1. The predicted molar refractivity (Wildman–Crippen MR) is 100 cm³/mol. The Bertz CT molecular complexity index is 886. The van der Waals surface area contributed by atoms with E-state index < -0.39 is 10.0 Å². The molecule has 0 fully saturated rings. The fourth-order valence-electron chi connectivity index (χ4n) is 2.46. The Kier molecular flexibility index (Phi) is 5.52. The maximum Gasteiger partial charge on any atom is 0.262 e. The second-order valence-corrected chi connectivity index (χ2v) is 8.12. The third-order valence-electron chi connectivity index (χ3n) is 4.14. The van der Waals surface area contributed by atoms with E-state index in [0.717, 1.165) is 16.7 Å². The second-order valence-electron chi connectivity index (χ2n) is 6.47. The van der Waals surface area contributed by atoms with Gasteiger partial charge in [-0.3, -0.25) is 9.52 Å². The van der Waals surface area contributed by atoms with Crippen LogP contribution in [0.3, 0.4) is 0 Å². The summed E-state index contributed by atoms with van der Waals surface area (Å²) in [6, 6.07) is 10.4. The van der Waals surface area contributed by atoms with Crippen molar-refractivity contribution in [1.82, 2.24) is 4.90 Å². The molecule has 0 aromatic heterocycles. The normalized spacial score (nSPS) is 11.2. The van der Waals surface area contributed by atoms with E-state index >= 15 is 0 Å². The first-order chi connectivity index (χ1) is 11.6. The van der Waals surface area contributed by atoms with Crippen molar-refractivity contribution in [3.05, 3.63) is 58.7 Å². The highest BCUT2D eigenvalue weighted by molar-refractivity contribution is 7.92. The van der Waals surface area contributed by atoms with Gasteiger partial charge in [0.1, 0.15) is 0 Å². The Hall–Kier alpha value is -2.34. The van der Waals surface area contributed by atoms with Gasteiger partial charge in [-0.05, 0) is 61.2 Å². The molecule has 25 heavy (non-hydrogen) atoms. The van der Waals surface area contributed by atoms with Crippen molar-refractivity contribution in [2.45, 2.75) is 32.1 Å². The summed E-state index contributed by atoms with van der Waals surface area (Å²) < 4.78 is 27.9. The molecule has 0 aliphatic rings. The number of nitrogens with one attached hydrogen (secondary N) is 1. The van der Waals surface area contributed by atoms with Crippen molar-refractivity contribution in [1.29, 1.82) is 0 Å². The van der Waals surface area contributed by atoms with Crippen LogP contribution in [0.15, 0.2) is 41.3 Å². The Morgan fingerprint density at radius 2 is 1.52 bits per heavy atom. The van der Waals surface area contributed by atoms with Gasteiger partial charge in [-0.25, -0.2) is 8.42 Å². The minimum atomic E-state index is -3.66. The fraction of sp³-hybridized carbons (Fsp3) is 0.316. The van der Waals surface area contributed by atoms with E-state index in [-0.39, 0.29) is 17.2 Å². The van der Waals surface area contributed by atoms with Crippen LogP contribution in [0.2, 0.25) is 0 Å². The number of nitrogens with zero attached hydrogens (tertiary/aromatic N) is 1. The summed E-state index contributed by atoms with van der Waals surface area (Å²) in [5.41, 5.74) is 4.02. The van der Waals surface area contributed by atoms with Gasteiger partial charge in [0.15, 0.2) is 0 Å². The average molecular weight is 360 g/mol. The van der Waals surface area contributed by atoms with E-state index in [1.165, 1.54) is 4.90 Å². The van der Waals surface area contributed by atoms with Crippen molar-refractivity contribution in [2.24, 2.45) is 0 Å². The number of hydrogen-bond donors (Lipinski definition) is 1. The number of aryl methyl sites for hydroxylation is 3. The van der Waals surface area contributed by atoms with E-state index in [1.807, 2.05) is 19.9 Å². The molecule has 0 atom stereocenters. The third-order valence-corrected chi connectivity index (χ3v) is 5.66. The second kappa shape index (κ2) is 7.27. The summed E-state index contributed by atoms with van der Waals surface area (Å²) in [5.74, 6) is -0.000846. The van der Waals surface area contributed by atoms with Crippen LogP contribution in [0.5, 0.6) is 0 Å². The van der Waals surface area contributed by atoms with Crippen molar-refractivity contribution < 1.29 is 13.2 Å².